The van der Waals surface area contributed by atoms with Gasteiger partial charge in [-0.2, -0.15) is 0 Å². The lowest BCUT2D eigenvalue weighted by atomic mass is 9.83. The lowest BCUT2D eigenvalue weighted by Crippen LogP contribution is -2.39. The maximum Gasteiger partial charge on any atom is 0.191 e. The number of ether oxygens (including phenoxy) is 1. The van der Waals surface area contributed by atoms with E-state index in [0.29, 0.717) is 5.41 Å². The second-order valence-corrected chi connectivity index (χ2v) is 7.01. The number of rotatable bonds is 10. The standard InChI is InChI=1S/C18H35N3O/c1-3-19-17(20-13-9-16-7-8-16)21-15-18(10-5-6-11-18)12-14-22-4-2/h16H,3-15H2,1-2H3,(H2,19,20,21). The van der Waals surface area contributed by atoms with Crippen LogP contribution in [0.25, 0.3) is 0 Å². The molecule has 0 aromatic carbocycles. The Morgan fingerprint density at radius 1 is 1.18 bits per heavy atom. The summed E-state index contributed by atoms with van der Waals surface area (Å²) in [6.45, 7) is 8.86. The third-order valence-electron chi connectivity index (χ3n) is 5.10. The molecule has 0 radical (unpaired) electrons. The monoisotopic (exact) mass is 309 g/mol. The molecular weight excluding hydrogens is 274 g/mol. The molecule has 2 fully saturated rings. The zero-order valence-corrected chi connectivity index (χ0v) is 14.6. The highest BCUT2D eigenvalue weighted by atomic mass is 16.5. The molecule has 0 saturated heterocycles. The summed E-state index contributed by atoms with van der Waals surface area (Å²) in [7, 11) is 0. The first-order valence-corrected chi connectivity index (χ1v) is 9.38. The SMILES string of the molecule is CCNC(=NCC1(CCOCC)CCCC1)NCCC1CC1. The number of guanidine groups is 1. The Bertz CT molecular complexity index is 333. The van der Waals surface area contributed by atoms with Crippen LogP contribution in [0.4, 0.5) is 0 Å². The summed E-state index contributed by atoms with van der Waals surface area (Å²) < 4.78 is 5.59. The number of hydrogen-bond acceptors (Lipinski definition) is 2. The quantitative estimate of drug-likeness (QED) is 0.370. The van der Waals surface area contributed by atoms with Gasteiger partial charge in [0, 0.05) is 32.8 Å². The van der Waals surface area contributed by atoms with E-state index in [4.69, 9.17) is 9.73 Å². The van der Waals surface area contributed by atoms with Crippen LogP contribution in [0, 0.1) is 11.3 Å². The maximum atomic E-state index is 5.59. The summed E-state index contributed by atoms with van der Waals surface area (Å²) in [5.74, 6) is 1.98. The van der Waals surface area contributed by atoms with E-state index in [2.05, 4.69) is 24.5 Å². The van der Waals surface area contributed by atoms with Gasteiger partial charge in [-0.25, -0.2) is 0 Å². The van der Waals surface area contributed by atoms with Crippen LogP contribution in [-0.2, 0) is 4.74 Å². The van der Waals surface area contributed by atoms with E-state index in [0.717, 1.165) is 51.1 Å². The van der Waals surface area contributed by atoms with E-state index in [1.807, 2.05) is 0 Å². The molecule has 0 atom stereocenters. The van der Waals surface area contributed by atoms with Crippen LogP contribution in [0.3, 0.4) is 0 Å². The van der Waals surface area contributed by atoms with Crippen LogP contribution in [0.15, 0.2) is 4.99 Å². The van der Waals surface area contributed by atoms with Gasteiger partial charge in [-0.15, -0.1) is 0 Å². The summed E-state index contributed by atoms with van der Waals surface area (Å²) in [6.07, 6.45) is 10.6. The smallest absolute Gasteiger partial charge is 0.191 e. The molecule has 2 aliphatic rings. The van der Waals surface area contributed by atoms with Gasteiger partial charge in [0.1, 0.15) is 0 Å². The van der Waals surface area contributed by atoms with E-state index in [1.54, 1.807) is 0 Å². The van der Waals surface area contributed by atoms with E-state index in [-0.39, 0.29) is 0 Å². The minimum Gasteiger partial charge on any atom is -0.382 e. The van der Waals surface area contributed by atoms with Crippen LogP contribution in [0.2, 0.25) is 0 Å². The average molecular weight is 309 g/mol. The Morgan fingerprint density at radius 2 is 1.95 bits per heavy atom. The highest BCUT2D eigenvalue weighted by Gasteiger charge is 2.33. The fourth-order valence-electron chi connectivity index (χ4n) is 3.43. The molecule has 0 spiro atoms. The number of aliphatic imine (C=N–C) groups is 1. The number of nitrogens with one attached hydrogen (secondary N) is 2. The molecule has 4 heteroatoms. The van der Waals surface area contributed by atoms with Gasteiger partial charge >= 0.3 is 0 Å². The van der Waals surface area contributed by atoms with Crippen molar-refractivity contribution in [1.29, 1.82) is 0 Å². The van der Waals surface area contributed by atoms with Gasteiger partial charge < -0.3 is 15.4 Å². The van der Waals surface area contributed by atoms with Crippen molar-refractivity contribution in [3.63, 3.8) is 0 Å². The van der Waals surface area contributed by atoms with Gasteiger partial charge in [-0.1, -0.05) is 25.7 Å². The maximum absolute atomic E-state index is 5.59. The van der Waals surface area contributed by atoms with Gasteiger partial charge in [0.2, 0.25) is 0 Å². The van der Waals surface area contributed by atoms with Gasteiger partial charge in [0.05, 0.1) is 0 Å². The first-order valence-electron chi connectivity index (χ1n) is 9.38. The van der Waals surface area contributed by atoms with E-state index in [9.17, 15) is 0 Å². The molecule has 0 heterocycles. The van der Waals surface area contributed by atoms with Crippen molar-refractivity contribution in [1.82, 2.24) is 10.6 Å². The van der Waals surface area contributed by atoms with Crippen molar-refractivity contribution in [2.75, 3.05) is 32.8 Å². The molecule has 0 unspecified atom stereocenters. The Hall–Kier alpha value is -0.770. The third-order valence-corrected chi connectivity index (χ3v) is 5.10. The lowest BCUT2D eigenvalue weighted by Gasteiger charge is -2.27. The van der Waals surface area contributed by atoms with Crippen LogP contribution in [-0.4, -0.2) is 38.8 Å². The van der Waals surface area contributed by atoms with Crippen LogP contribution < -0.4 is 10.6 Å². The van der Waals surface area contributed by atoms with Crippen LogP contribution >= 0.6 is 0 Å². The molecule has 2 rings (SSSR count). The molecule has 0 bridgehead atoms. The largest absolute Gasteiger partial charge is 0.382 e. The molecule has 2 N–H and O–H groups in total. The molecule has 0 amide bonds. The Kier molecular flexibility index (Phi) is 7.50. The van der Waals surface area contributed by atoms with Crippen molar-refractivity contribution >= 4 is 5.96 Å². The van der Waals surface area contributed by atoms with Crippen molar-refractivity contribution in [2.45, 2.75) is 65.2 Å². The summed E-state index contributed by atoms with van der Waals surface area (Å²) in [6, 6.07) is 0. The molecule has 128 valence electrons. The molecule has 2 saturated carbocycles. The summed E-state index contributed by atoms with van der Waals surface area (Å²) in [5, 5.41) is 6.90. The lowest BCUT2D eigenvalue weighted by molar-refractivity contribution is 0.107. The second-order valence-electron chi connectivity index (χ2n) is 7.01. The van der Waals surface area contributed by atoms with Crippen molar-refractivity contribution in [3.05, 3.63) is 0 Å². The Balaban J connectivity index is 1.81. The van der Waals surface area contributed by atoms with E-state index >= 15 is 0 Å². The summed E-state index contributed by atoms with van der Waals surface area (Å²) in [4.78, 5) is 4.90. The zero-order valence-electron chi connectivity index (χ0n) is 14.6. The molecule has 0 aromatic heterocycles. The second kappa shape index (κ2) is 9.39. The van der Waals surface area contributed by atoms with E-state index in [1.165, 1.54) is 44.9 Å². The van der Waals surface area contributed by atoms with E-state index < -0.39 is 0 Å². The highest BCUT2D eigenvalue weighted by Crippen LogP contribution is 2.41. The highest BCUT2D eigenvalue weighted by molar-refractivity contribution is 5.79. The van der Waals surface area contributed by atoms with Gasteiger partial charge in [0.25, 0.3) is 0 Å². The zero-order chi connectivity index (χ0) is 15.7. The fourth-order valence-corrected chi connectivity index (χ4v) is 3.43. The first kappa shape index (κ1) is 17.6. The Morgan fingerprint density at radius 3 is 2.59 bits per heavy atom. The van der Waals surface area contributed by atoms with Crippen LogP contribution in [0.1, 0.15) is 65.2 Å². The van der Waals surface area contributed by atoms with Gasteiger partial charge in [0.15, 0.2) is 5.96 Å². The number of hydrogen-bond donors (Lipinski definition) is 2. The third kappa shape index (κ3) is 6.15. The number of nitrogens with zero attached hydrogens (tertiary/aromatic N) is 1. The predicted molar refractivity (Wildman–Crippen MR) is 93.3 cm³/mol. The van der Waals surface area contributed by atoms with Crippen molar-refractivity contribution in [3.8, 4) is 0 Å². The molecule has 22 heavy (non-hydrogen) atoms. The van der Waals surface area contributed by atoms with Gasteiger partial charge in [-0.05, 0) is 50.9 Å². The summed E-state index contributed by atoms with van der Waals surface area (Å²) >= 11 is 0. The molecule has 0 aromatic rings. The summed E-state index contributed by atoms with van der Waals surface area (Å²) in [5.41, 5.74) is 0.383. The topological polar surface area (TPSA) is 45.7 Å². The molecule has 4 nitrogen and oxygen atoms in total. The fraction of sp³-hybridized carbons (Fsp3) is 0.944. The molecule has 0 aliphatic heterocycles. The molecule has 2 aliphatic carbocycles. The Labute approximate surface area is 136 Å². The van der Waals surface area contributed by atoms with Crippen LogP contribution in [0.5, 0.6) is 0 Å². The normalized spacial score (nSPS) is 21.1. The minimum atomic E-state index is 0.383. The van der Waals surface area contributed by atoms with Gasteiger partial charge in [-0.3, -0.25) is 4.99 Å². The van der Waals surface area contributed by atoms with Crippen molar-refractivity contribution in [2.24, 2.45) is 16.3 Å². The molecular formula is C18H35N3O. The predicted octanol–water partition coefficient (Wildman–Crippen LogP) is 3.33. The minimum absolute atomic E-state index is 0.383. The first-order chi connectivity index (χ1) is 10.8. The van der Waals surface area contributed by atoms with Crippen molar-refractivity contribution < 1.29 is 4.74 Å². The average Bonchev–Trinajstić information content (AvgIpc) is 3.23.